The number of ether oxygens (including phenoxy) is 2. The fourth-order valence-corrected chi connectivity index (χ4v) is 3.77. The van der Waals surface area contributed by atoms with Gasteiger partial charge in [-0.15, -0.1) is 0 Å². The number of benzene rings is 1. The van der Waals surface area contributed by atoms with Crippen molar-refractivity contribution < 1.29 is 14.0 Å². The molecule has 1 aliphatic heterocycles. The lowest BCUT2D eigenvalue weighted by atomic mass is 9.80. The van der Waals surface area contributed by atoms with E-state index in [0.29, 0.717) is 17.8 Å². The van der Waals surface area contributed by atoms with Gasteiger partial charge in [-0.05, 0) is 27.9 Å². The molecule has 1 aliphatic carbocycles. The van der Waals surface area contributed by atoms with Gasteiger partial charge in [0.15, 0.2) is 10.4 Å². The van der Waals surface area contributed by atoms with Crippen LogP contribution in [0.15, 0.2) is 39.5 Å². The molecule has 1 atom stereocenters. The van der Waals surface area contributed by atoms with E-state index in [-0.39, 0.29) is 5.92 Å². The van der Waals surface area contributed by atoms with Gasteiger partial charge >= 0.3 is 0 Å². The van der Waals surface area contributed by atoms with E-state index in [1.54, 1.807) is 0 Å². The highest BCUT2D eigenvalue weighted by atomic mass is 79.9. The Morgan fingerprint density at radius 3 is 2.65 bits per heavy atom. The molecule has 104 valence electrons. The Bertz CT molecular complexity index is 619. The molecule has 1 aromatic carbocycles. The highest BCUT2D eigenvalue weighted by molar-refractivity contribution is 9.10. The van der Waals surface area contributed by atoms with Crippen LogP contribution in [-0.2, 0) is 15.3 Å². The molecule has 4 rings (SSSR count). The molecule has 4 nitrogen and oxygen atoms in total. The molecule has 0 radical (unpaired) electrons. The number of rotatable bonds is 1. The van der Waals surface area contributed by atoms with Crippen molar-refractivity contribution in [3.8, 4) is 0 Å². The molecule has 1 fully saturated rings. The Kier molecular flexibility index (Phi) is 2.94. The number of hydrogen-bond donors (Lipinski definition) is 0. The third-order valence-electron chi connectivity index (χ3n) is 4.09. The first-order valence-electron chi connectivity index (χ1n) is 6.78. The topological polar surface area (TPSA) is 44.5 Å². The summed E-state index contributed by atoms with van der Waals surface area (Å²) in [5.74, 6) is 0.402. The highest BCUT2D eigenvalue weighted by Gasteiger charge is 2.49. The second kappa shape index (κ2) is 4.69. The van der Waals surface area contributed by atoms with E-state index in [9.17, 15) is 0 Å². The van der Waals surface area contributed by atoms with Gasteiger partial charge < -0.3 is 14.0 Å². The Morgan fingerprint density at radius 2 is 1.90 bits per heavy atom. The van der Waals surface area contributed by atoms with Crippen LogP contribution in [0.5, 0.6) is 0 Å². The first-order valence-corrected chi connectivity index (χ1v) is 7.58. The molecular weight excluding hydrogens is 322 g/mol. The number of halogens is 1. The summed E-state index contributed by atoms with van der Waals surface area (Å²) in [6.07, 6.45) is 1.75. The first kappa shape index (κ1) is 12.6. The second-order valence-electron chi connectivity index (χ2n) is 5.16. The minimum Gasteiger partial charge on any atom is -0.359 e. The van der Waals surface area contributed by atoms with Crippen LogP contribution in [0.25, 0.3) is 0 Å². The maximum Gasteiger partial charge on any atom is 0.201 e. The molecule has 0 saturated carbocycles. The summed E-state index contributed by atoms with van der Waals surface area (Å²) in [6, 6.07) is 10.4. The molecular formula is C15H14BrNO3. The summed E-state index contributed by atoms with van der Waals surface area (Å²) >= 11 is 3.47. The molecule has 2 heterocycles. The fraction of sp³-hybridized carbons (Fsp3) is 0.400. The van der Waals surface area contributed by atoms with Crippen LogP contribution < -0.4 is 0 Å². The molecule has 2 aromatic rings. The Labute approximate surface area is 125 Å². The average Bonchev–Trinajstić information content (AvgIpc) is 3.09. The van der Waals surface area contributed by atoms with Gasteiger partial charge in [-0.1, -0.05) is 35.5 Å². The van der Waals surface area contributed by atoms with Crippen LogP contribution in [0.1, 0.15) is 35.6 Å². The van der Waals surface area contributed by atoms with Gasteiger partial charge in [-0.2, -0.15) is 0 Å². The van der Waals surface area contributed by atoms with Gasteiger partial charge in [0.2, 0.25) is 5.79 Å². The van der Waals surface area contributed by atoms with Crippen LogP contribution in [0.3, 0.4) is 0 Å². The summed E-state index contributed by atoms with van der Waals surface area (Å²) in [5.41, 5.74) is 2.17. The minimum absolute atomic E-state index is 0.212. The molecule has 2 aliphatic rings. The molecule has 1 saturated heterocycles. The highest BCUT2D eigenvalue weighted by Crippen LogP contribution is 2.50. The van der Waals surface area contributed by atoms with E-state index in [0.717, 1.165) is 24.2 Å². The van der Waals surface area contributed by atoms with E-state index in [2.05, 4.69) is 33.2 Å². The molecule has 1 spiro atoms. The van der Waals surface area contributed by atoms with Gasteiger partial charge in [-0.3, -0.25) is 0 Å². The maximum atomic E-state index is 5.88. The van der Waals surface area contributed by atoms with Gasteiger partial charge in [-0.25, -0.2) is 0 Å². The summed E-state index contributed by atoms with van der Waals surface area (Å²) in [6.45, 7) is 1.24. The Morgan fingerprint density at radius 1 is 1.15 bits per heavy atom. The van der Waals surface area contributed by atoms with Crippen LogP contribution in [0.4, 0.5) is 0 Å². The lowest BCUT2D eigenvalue weighted by Crippen LogP contribution is -2.33. The van der Waals surface area contributed by atoms with E-state index in [4.69, 9.17) is 14.0 Å². The van der Waals surface area contributed by atoms with Crippen LogP contribution >= 0.6 is 15.9 Å². The van der Waals surface area contributed by atoms with Crippen molar-refractivity contribution in [3.05, 3.63) is 51.8 Å². The zero-order valence-electron chi connectivity index (χ0n) is 10.8. The normalized spacial score (nSPS) is 23.9. The summed E-state index contributed by atoms with van der Waals surface area (Å²) in [5, 5.41) is 4.07. The second-order valence-corrected chi connectivity index (χ2v) is 5.92. The quantitative estimate of drug-likeness (QED) is 0.799. The van der Waals surface area contributed by atoms with Crippen LogP contribution in [0.2, 0.25) is 0 Å². The minimum atomic E-state index is -0.667. The number of hydrogen-bond acceptors (Lipinski definition) is 4. The first-order chi connectivity index (χ1) is 9.80. The van der Waals surface area contributed by atoms with Crippen molar-refractivity contribution in [2.75, 3.05) is 13.2 Å². The third-order valence-corrected chi connectivity index (χ3v) is 4.63. The number of nitrogens with zero attached hydrogens (tertiary/aromatic N) is 1. The molecule has 0 N–H and O–H groups in total. The lowest BCUT2D eigenvalue weighted by molar-refractivity contribution is -0.177. The summed E-state index contributed by atoms with van der Waals surface area (Å²) in [4.78, 5) is 0. The predicted octanol–water partition coefficient (Wildman–Crippen LogP) is 3.56. The van der Waals surface area contributed by atoms with Gasteiger partial charge in [0, 0.05) is 12.3 Å². The number of aromatic nitrogens is 1. The lowest BCUT2D eigenvalue weighted by Gasteiger charge is -2.34. The molecule has 1 unspecified atom stereocenters. The van der Waals surface area contributed by atoms with Gasteiger partial charge in [0.25, 0.3) is 0 Å². The largest absolute Gasteiger partial charge is 0.359 e. The monoisotopic (exact) mass is 335 g/mol. The summed E-state index contributed by atoms with van der Waals surface area (Å²) < 4.78 is 18.0. The zero-order valence-corrected chi connectivity index (χ0v) is 12.4. The Hall–Kier alpha value is -1.17. The summed E-state index contributed by atoms with van der Waals surface area (Å²) in [7, 11) is 0. The van der Waals surface area contributed by atoms with Crippen molar-refractivity contribution in [1.29, 1.82) is 0 Å². The zero-order chi connectivity index (χ0) is 13.6. The molecule has 5 heteroatoms. The van der Waals surface area contributed by atoms with E-state index in [1.165, 1.54) is 5.56 Å². The molecule has 20 heavy (non-hydrogen) atoms. The van der Waals surface area contributed by atoms with Crippen molar-refractivity contribution >= 4 is 15.9 Å². The van der Waals surface area contributed by atoms with Crippen LogP contribution in [-0.4, -0.2) is 18.4 Å². The SMILES string of the molecule is Brc1noc2c1C1(CCC2c2ccccc2)OCCO1. The molecule has 1 aromatic heterocycles. The smallest absolute Gasteiger partial charge is 0.201 e. The fourth-order valence-electron chi connectivity index (χ4n) is 3.20. The van der Waals surface area contributed by atoms with E-state index >= 15 is 0 Å². The van der Waals surface area contributed by atoms with E-state index < -0.39 is 5.79 Å². The maximum absolute atomic E-state index is 5.88. The van der Waals surface area contributed by atoms with E-state index in [1.807, 2.05) is 18.2 Å². The molecule has 0 amide bonds. The predicted molar refractivity (Wildman–Crippen MR) is 75.3 cm³/mol. The standard InChI is InChI=1S/C15H14BrNO3/c16-14-12-13(20-17-14)11(10-4-2-1-3-5-10)6-7-15(12)18-8-9-19-15/h1-5,11H,6-9H2. The van der Waals surface area contributed by atoms with Crippen LogP contribution in [0, 0.1) is 0 Å². The average molecular weight is 336 g/mol. The van der Waals surface area contributed by atoms with Crippen molar-refractivity contribution in [1.82, 2.24) is 5.16 Å². The number of fused-ring (bicyclic) bond motifs is 2. The van der Waals surface area contributed by atoms with Crippen molar-refractivity contribution in [2.24, 2.45) is 0 Å². The van der Waals surface area contributed by atoms with Gasteiger partial charge in [0.1, 0.15) is 0 Å². The third kappa shape index (κ3) is 1.77. The van der Waals surface area contributed by atoms with Gasteiger partial charge in [0.05, 0.1) is 18.8 Å². The van der Waals surface area contributed by atoms with Crippen molar-refractivity contribution in [2.45, 2.75) is 24.5 Å². The molecule has 0 bridgehead atoms. The Balaban J connectivity index is 1.83. The van der Waals surface area contributed by atoms with Crippen molar-refractivity contribution in [3.63, 3.8) is 0 Å².